The third kappa shape index (κ3) is 4.17. The van der Waals surface area contributed by atoms with Crippen molar-refractivity contribution in [2.24, 2.45) is 0 Å². The Bertz CT molecular complexity index is 660. The number of rotatable bonds is 6. The van der Waals surface area contributed by atoms with Gasteiger partial charge in [0.15, 0.2) is 0 Å². The highest BCUT2D eigenvalue weighted by molar-refractivity contribution is 7.17. The van der Waals surface area contributed by atoms with Crippen molar-refractivity contribution in [3.05, 3.63) is 55.7 Å². The molecule has 1 heterocycles. The zero-order valence-electron chi connectivity index (χ0n) is 10.8. The molecule has 0 bridgehead atoms. The van der Waals surface area contributed by atoms with Gasteiger partial charge in [0.1, 0.15) is 5.69 Å². The number of nitro benzene ring substituents is 1. The second-order valence-corrected chi connectivity index (χ2v) is 5.78. The van der Waals surface area contributed by atoms with Gasteiger partial charge in [-0.2, -0.15) is 0 Å². The lowest BCUT2D eigenvalue weighted by Gasteiger charge is -2.07. The fourth-order valence-corrected chi connectivity index (χ4v) is 2.64. The van der Waals surface area contributed by atoms with E-state index in [0.29, 0.717) is 28.0 Å². The Morgan fingerprint density at radius 3 is 2.67 bits per heavy atom. The highest BCUT2D eigenvalue weighted by atomic mass is 35.5. The Hall–Kier alpha value is -2.12. The first-order valence-corrected chi connectivity index (χ1v) is 7.28. The number of anilines is 1. The topological polar surface area (TPSA) is 84.3 Å². The molecule has 110 valence electrons. The normalized spacial score (nSPS) is 10.1. The van der Waals surface area contributed by atoms with E-state index in [9.17, 15) is 14.9 Å². The fourth-order valence-electron chi connectivity index (χ4n) is 1.68. The molecule has 6 nitrogen and oxygen atoms in total. The summed E-state index contributed by atoms with van der Waals surface area (Å²) in [5, 5.41) is 16.5. The third-order valence-corrected chi connectivity index (χ3v) is 3.85. The van der Waals surface area contributed by atoms with E-state index in [4.69, 9.17) is 11.6 Å². The molecule has 0 aliphatic rings. The number of benzene rings is 1. The minimum atomic E-state index is -0.450. The van der Waals surface area contributed by atoms with Crippen molar-refractivity contribution in [2.75, 3.05) is 18.4 Å². The SMILES string of the molecule is O=C(NCCNc1ccccc1[N+](=O)[O-])c1ccc(Cl)s1. The lowest BCUT2D eigenvalue weighted by molar-refractivity contribution is -0.384. The maximum atomic E-state index is 11.7. The summed E-state index contributed by atoms with van der Waals surface area (Å²) in [6.45, 7) is 0.732. The number of nitrogens with zero attached hydrogens (tertiary/aromatic N) is 1. The Morgan fingerprint density at radius 1 is 1.24 bits per heavy atom. The average molecular weight is 326 g/mol. The fraction of sp³-hybridized carbons (Fsp3) is 0.154. The van der Waals surface area contributed by atoms with Gasteiger partial charge in [-0.25, -0.2) is 0 Å². The zero-order valence-corrected chi connectivity index (χ0v) is 12.4. The van der Waals surface area contributed by atoms with Crippen molar-refractivity contribution in [2.45, 2.75) is 0 Å². The van der Waals surface area contributed by atoms with Crippen molar-refractivity contribution < 1.29 is 9.72 Å². The molecule has 2 N–H and O–H groups in total. The number of carbonyl (C=O) groups excluding carboxylic acids is 1. The Kier molecular flexibility index (Phi) is 5.13. The molecule has 0 aliphatic carbocycles. The molecule has 0 saturated carbocycles. The second-order valence-electron chi connectivity index (χ2n) is 4.06. The van der Waals surface area contributed by atoms with Crippen LogP contribution >= 0.6 is 22.9 Å². The number of hydrogen-bond donors (Lipinski definition) is 2. The first kappa shape index (κ1) is 15.3. The summed E-state index contributed by atoms with van der Waals surface area (Å²) in [7, 11) is 0. The number of thiophene rings is 1. The van der Waals surface area contributed by atoms with E-state index in [1.165, 1.54) is 17.4 Å². The van der Waals surface area contributed by atoms with E-state index in [0.717, 1.165) is 0 Å². The summed E-state index contributed by atoms with van der Waals surface area (Å²) in [4.78, 5) is 22.7. The molecule has 1 aromatic heterocycles. The van der Waals surface area contributed by atoms with Gasteiger partial charge in [0.2, 0.25) is 0 Å². The standard InChI is InChI=1S/C13H12ClN3O3S/c14-12-6-5-11(21-12)13(18)16-8-7-15-9-3-1-2-4-10(9)17(19)20/h1-6,15H,7-8H2,(H,16,18). The Balaban J connectivity index is 1.83. The van der Waals surface area contributed by atoms with Crippen LogP contribution in [-0.2, 0) is 0 Å². The minimum absolute atomic E-state index is 0.00821. The summed E-state index contributed by atoms with van der Waals surface area (Å²) in [5.74, 6) is -0.212. The zero-order chi connectivity index (χ0) is 15.2. The Morgan fingerprint density at radius 2 is 2.00 bits per heavy atom. The maximum absolute atomic E-state index is 11.7. The number of hydrogen-bond acceptors (Lipinski definition) is 5. The largest absolute Gasteiger partial charge is 0.378 e. The number of para-hydroxylation sites is 2. The molecule has 21 heavy (non-hydrogen) atoms. The highest BCUT2D eigenvalue weighted by Gasteiger charge is 2.12. The second kappa shape index (κ2) is 7.05. The van der Waals surface area contributed by atoms with Crippen LogP contribution in [0.2, 0.25) is 4.34 Å². The molecule has 1 aromatic carbocycles. The van der Waals surface area contributed by atoms with Crippen LogP contribution in [0.15, 0.2) is 36.4 Å². The van der Waals surface area contributed by atoms with Crippen LogP contribution in [0.25, 0.3) is 0 Å². The molecule has 0 saturated heterocycles. The van der Waals surface area contributed by atoms with Gasteiger partial charge in [-0.05, 0) is 18.2 Å². The lowest BCUT2D eigenvalue weighted by Crippen LogP contribution is -2.28. The highest BCUT2D eigenvalue weighted by Crippen LogP contribution is 2.23. The van der Waals surface area contributed by atoms with E-state index >= 15 is 0 Å². The minimum Gasteiger partial charge on any atom is -0.378 e. The van der Waals surface area contributed by atoms with Crippen LogP contribution in [0.5, 0.6) is 0 Å². The van der Waals surface area contributed by atoms with E-state index < -0.39 is 4.92 Å². The van der Waals surface area contributed by atoms with Crippen molar-refractivity contribution in [1.29, 1.82) is 0 Å². The Labute approximate surface area is 129 Å². The molecule has 0 aliphatic heterocycles. The monoisotopic (exact) mass is 325 g/mol. The van der Waals surface area contributed by atoms with Crippen molar-refractivity contribution in [3.63, 3.8) is 0 Å². The number of nitro groups is 1. The van der Waals surface area contributed by atoms with Crippen LogP contribution in [0.1, 0.15) is 9.67 Å². The van der Waals surface area contributed by atoms with E-state index in [1.54, 1.807) is 30.3 Å². The van der Waals surface area contributed by atoms with Gasteiger partial charge in [-0.15, -0.1) is 11.3 Å². The molecule has 0 atom stereocenters. The molecule has 8 heteroatoms. The summed E-state index contributed by atoms with van der Waals surface area (Å²) in [6, 6.07) is 9.67. The molecule has 0 radical (unpaired) electrons. The predicted octanol–water partition coefficient (Wildman–Crippen LogP) is 3.15. The molecule has 2 aromatic rings. The molecule has 1 amide bonds. The smallest absolute Gasteiger partial charge is 0.292 e. The molecular weight excluding hydrogens is 314 g/mol. The van der Waals surface area contributed by atoms with Gasteiger partial charge in [0.05, 0.1) is 14.1 Å². The van der Waals surface area contributed by atoms with Crippen LogP contribution in [-0.4, -0.2) is 23.9 Å². The van der Waals surface area contributed by atoms with E-state index in [-0.39, 0.29) is 11.6 Å². The van der Waals surface area contributed by atoms with E-state index in [2.05, 4.69) is 10.6 Å². The average Bonchev–Trinajstić information content (AvgIpc) is 2.90. The summed E-state index contributed by atoms with van der Waals surface area (Å²) < 4.78 is 0.554. The van der Waals surface area contributed by atoms with Crippen molar-refractivity contribution in [3.8, 4) is 0 Å². The number of carbonyl (C=O) groups is 1. The first-order chi connectivity index (χ1) is 10.1. The molecule has 0 unspecified atom stereocenters. The van der Waals surface area contributed by atoms with Gasteiger partial charge in [0.25, 0.3) is 11.6 Å². The quantitative estimate of drug-likeness (QED) is 0.485. The van der Waals surface area contributed by atoms with Crippen LogP contribution in [0.3, 0.4) is 0 Å². The molecule has 2 rings (SSSR count). The van der Waals surface area contributed by atoms with Gasteiger partial charge in [-0.3, -0.25) is 14.9 Å². The predicted molar refractivity (Wildman–Crippen MR) is 83.2 cm³/mol. The lowest BCUT2D eigenvalue weighted by atomic mass is 10.2. The van der Waals surface area contributed by atoms with Crippen molar-refractivity contribution in [1.82, 2.24) is 5.32 Å². The first-order valence-electron chi connectivity index (χ1n) is 6.09. The summed E-state index contributed by atoms with van der Waals surface area (Å²) >= 11 is 6.96. The summed E-state index contributed by atoms with van der Waals surface area (Å²) in [5.41, 5.74) is 0.435. The van der Waals surface area contributed by atoms with Crippen LogP contribution in [0, 0.1) is 10.1 Å². The number of halogens is 1. The molecule has 0 spiro atoms. The third-order valence-electron chi connectivity index (χ3n) is 2.62. The number of nitrogens with one attached hydrogen (secondary N) is 2. The van der Waals surface area contributed by atoms with Crippen molar-refractivity contribution >= 4 is 40.2 Å². The molecule has 0 fully saturated rings. The molecular formula is C13H12ClN3O3S. The van der Waals surface area contributed by atoms with Gasteiger partial charge in [0, 0.05) is 19.2 Å². The van der Waals surface area contributed by atoms with E-state index in [1.807, 2.05) is 0 Å². The van der Waals surface area contributed by atoms with Gasteiger partial charge in [-0.1, -0.05) is 23.7 Å². The van der Waals surface area contributed by atoms with Gasteiger partial charge < -0.3 is 10.6 Å². The van der Waals surface area contributed by atoms with Crippen LogP contribution in [0.4, 0.5) is 11.4 Å². The number of amides is 1. The van der Waals surface area contributed by atoms with Crippen LogP contribution < -0.4 is 10.6 Å². The maximum Gasteiger partial charge on any atom is 0.292 e. The summed E-state index contributed by atoms with van der Waals surface area (Å²) in [6.07, 6.45) is 0. The van der Waals surface area contributed by atoms with Gasteiger partial charge >= 0.3 is 0 Å².